The average molecular weight is 283 g/mol. The van der Waals surface area contributed by atoms with Crippen LogP contribution in [-0.2, 0) is 4.79 Å². The fraction of sp³-hybridized carbons (Fsp3) is 0.462. The molecule has 0 aromatic heterocycles. The number of benzene rings is 1. The van der Waals surface area contributed by atoms with Crippen LogP contribution in [0.3, 0.4) is 0 Å². The fourth-order valence-corrected chi connectivity index (χ4v) is 3.14. The second kappa shape index (κ2) is 3.59. The van der Waals surface area contributed by atoms with Crippen molar-refractivity contribution in [3.05, 3.63) is 33.8 Å². The van der Waals surface area contributed by atoms with E-state index in [0.29, 0.717) is 0 Å². The van der Waals surface area contributed by atoms with Crippen LogP contribution in [0.4, 0.5) is 0 Å². The summed E-state index contributed by atoms with van der Waals surface area (Å²) in [6.45, 7) is 6.09. The van der Waals surface area contributed by atoms with Gasteiger partial charge in [-0.15, -0.1) is 0 Å². The van der Waals surface area contributed by atoms with E-state index in [2.05, 4.69) is 15.9 Å². The molecule has 1 N–H and O–H groups in total. The van der Waals surface area contributed by atoms with Crippen LogP contribution in [0.1, 0.15) is 30.9 Å². The van der Waals surface area contributed by atoms with Gasteiger partial charge in [-0.1, -0.05) is 35.8 Å². The van der Waals surface area contributed by atoms with Gasteiger partial charge in [0.15, 0.2) is 0 Å². The summed E-state index contributed by atoms with van der Waals surface area (Å²) in [5.74, 6) is -0.775. The minimum Gasteiger partial charge on any atom is -0.481 e. The lowest BCUT2D eigenvalue weighted by molar-refractivity contribution is -0.139. The summed E-state index contributed by atoms with van der Waals surface area (Å²) in [7, 11) is 0. The first kappa shape index (κ1) is 11.6. The van der Waals surface area contributed by atoms with Gasteiger partial charge in [-0.25, -0.2) is 0 Å². The minimum absolute atomic E-state index is 0.121. The van der Waals surface area contributed by atoms with Crippen molar-refractivity contribution in [3.8, 4) is 0 Å². The molecule has 1 aromatic rings. The standard InChI is InChI=1S/C13H15BrO2/c1-7-6-8(14)4-5-9(7)10-11(12(15)16)13(10,2)3/h4-6,10-11H,1-3H3,(H,15,16)/t10-,11+/m0/s1. The highest BCUT2D eigenvalue weighted by atomic mass is 79.9. The number of aryl methyl sites for hydroxylation is 1. The number of carbonyl (C=O) groups is 1. The Kier molecular flexibility index (Phi) is 2.61. The monoisotopic (exact) mass is 282 g/mol. The highest BCUT2D eigenvalue weighted by molar-refractivity contribution is 9.10. The van der Waals surface area contributed by atoms with Crippen molar-refractivity contribution in [1.29, 1.82) is 0 Å². The topological polar surface area (TPSA) is 37.3 Å². The van der Waals surface area contributed by atoms with Crippen molar-refractivity contribution >= 4 is 21.9 Å². The average Bonchev–Trinajstić information content (AvgIpc) is 2.69. The van der Waals surface area contributed by atoms with E-state index in [1.165, 1.54) is 5.56 Å². The summed E-state index contributed by atoms with van der Waals surface area (Å²) < 4.78 is 1.04. The van der Waals surface area contributed by atoms with Crippen molar-refractivity contribution in [2.24, 2.45) is 11.3 Å². The van der Waals surface area contributed by atoms with Gasteiger partial charge in [-0.3, -0.25) is 4.79 Å². The van der Waals surface area contributed by atoms with Gasteiger partial charge in [0.1, 0.15) is 0 Å². The van der Waals surface area contributed by atoms with Crippen LogP contribution in [0.5, 0.6) is 0 Å². The lowest BCUT2D eigenvalue weighted by Gasteiger charge is -2.07. The molecule has 0 amide bonds. The van der Waals surface area contributed by atoms with E-state index in [9.17, 15) is 4.79 Å². The van der Waals surface area contributed by atoms with Crippen molar-refractivity contribution in [3.63, 3.8) is 0 Å². The third kappa shape index (κ3) is 1.67. The number of carboxylic acid groups (broad SMARTS) is 1. The summed E-state index contributed by atoms with van der Waals surface area (Å²) in [6.07, 6.45) is 0. The lowest BCUT2D eigenvalue weighted by atomic mass is 9.99. The third-order valence-electron chi connectivity index (χ3n) is 3.66. The molecule has 0 spiro atoms. The van der Waals surface area contributed by atoms with Crippen molar-refractivity contribution < 1.29 is 9.90 Å². The molecule has 0 saturated heterocycles. The van der Waals surface area contributed by atoms with Crippen LogP contribution in [0.2, 0.25) is 0 Å². The van der Waals surface area contributed by atoms with Gasteiger partial charge in [-0.2, -0.15) is 0 Å². The molecule has 3 heteroatoms. The largest absolute Gasteiger partial charge is 0.481 e. The Bertz CT molecular complexity index is 451. The molecule has 1 aliphatic rings. The number of rotatable bonds is 2. The molecule has 0 aliphatic heterocycles. The molecule has 0 radical (unpaired) electrons. The zero-order valence-corrected chi connectivity index (χ0v) is 11.2. The Morgan fingerprint density at radius 3 is 2.50 bits per heavy atom. The second-order valence-electron chi connectivity index (χ2n) is 5.12. The number of carboxylic acids is 1. The maximum absolute atomic E-state index is 11.1. The van der Waals surface area contributed by atoms with Gasteiger partial charge in [-0.05, 0) is 35.6 Å². The first-order valence-corrected chi connectivity index (χ1v) is 6.14. The molecule has 2 atom stereocenters. The predicted molar refractivity (Wildman–Crippen MR) is 66.5 cm³/mol. The second-order valence-corrected chi connectivity index (χ2v) is 6.03. The summed E-state index contributed by atoms with van der Waals surface area (Å²) >= 11 is 3.42. The molecule has 16 heavy (non-hydrogen) atoms. The quantitative estimate of drug-likeness (QED) is 0.900. The van der Waals surface area contributed by atoms with Gasteiger partial charge >= 0.3 is 5.97 Å². The highest BCUT2D eigenvalue weighted by Gasteiger charge is 2.62. The van der Waals surface area contributed by atoms with E-state index >= 15 is 0 Å². The predicted octanol–water partition coefficient (Wildman–Crippen LogP) is 3.58. The Morgan fingerprint density at radius 1 is 1.44 bits per heavy atom. The maximum Gasteiger partial charge on any atom is 0.307 e. The zero-order valence-electron chi connectivity index (χ0n) is 9.62. The molecule has 0 heterocycles. The van der Waals surface area contributed by atoms with Gasteiger partial charge < -0.3 is 5.11 Å². The molecular weight excluding hydrogens is 268 g/mol. The molecule has 0 bridgehead atoms. The maximum atomic E-state index is 11.1. The van der Waals surface area contributed by atoms with Gasteiger partial charge in [0.2, 0.25) is 0 Å². The van der Waals surface area contributed by atoms with E-state index < -0.39 is 5.97 Å². The van der Waals surface area contributed by atoms with Crippen LogP contribution >= 0.6 is 15.9 Å². The van der Waals surface area contributed by atoms with E-state index in [1.54, 1.807) is 0 Å². The van der Waals surface area contributed by atoms with Gasteiger partial charge in [0.05, 0.1) is 5.92 Å². The molecule has 1 aromatic carbocycles. The summed E-state index contributed by atoms with van der Waals surface area (Å²) in [6, 6.07) is 6.06. The Labute approximate surface area is 104 Å². The van der Waals surface area contributed by atoms with Crippen LogP contribution in [0.15, 0.2) is 22.7 Å². The summed E-state index contributed by atoms with van der Waals surface area (Å²) in [5, 5.41) is 9.16. The summed E-state index contributed by atoms with van der Waals surface area (Å²) in [4.78, 5) is 11.1. The normalized spacial score (nSPS) is 26.5. The van der Waals surface area contributed by atoms with Crippen LogP contribution in [0.25, 0.3) is 0 Å². The van der Waals surface area contributed by atoms with Crippen molar-refractivity contribution in [2.75, 3.05) is 0 Å². The van der Waals surface area contributed by atoms with Gasteiger partial charge in [0, 0.05) is 10.4 Å². The lowest BCUT2D eigenvalue weighted by Crippen LogP contribution is -2.03. The summed E-state index contributed by atoms with van der Waals surface area (Å²) in [5.41, 5.74) is 2.21. The smallest absolute Gasteiger partial charge is 0.307 e. The van der Waals surface area contributed by atoms with Gasteiger partial charge in [0.25, 0.3) is 0 Å². The van der Waals surface area contributed by atoms with Crippen molar-refractivity contribution in [2.45, 2.75) is 26.7 Å². The van der Waals surface area contributed by atoms with Crippen LogP contribution in [-0.4, -0.2) is 11.1 Å². The van der Waals surface area contributed by atoms with E-state index in [0.717, 1.165) is 10.0 Å². The Hall–Kier alpha value is -0.830. The van der Waals surface area contributed by atoms with E-state index in [4.69, 9.17) is 5.11 Å². The molecule has 86 valence electrons. The minimum atomic E-state index is -0.683. The first-order valence-electron chi connectivity index (χ1n) is 5.34. The fourth-order valence-electron chi connectivity index (χ4n) is 2.67. The number of aliphatic carboxylic acids is 1. The van der Waals surface area contributed by atoms with E-state index in [1.807, 2.05) is 39.0 Å². The zero-order chi connectivity index (χ0) is 12.1. The van der Waals surface area contributed by atoms with Crippen LogP contribution in [0, 0.1) is 18.3 Å². The molecule has 0 unspecified atom stereocenters. The van der Waals surface area contributed by atoms with Crippen molar-refractivity contribution in [1.82, 2.24) is 0 Å². The molecule has 1 fully saturated rings. The molecule has 1 saturated carbocycles. The Balaban J connectivity index is 2.37. The Morgan fingerprint density at radius 2 is 2.06 bits per heavy atom. The number of hydrogen-bond acceptors (Lipinski definition) is 1. The van der Waals surface area contributed by atoms with Crippen LogP contribution < -0.4 is 0 Å². The van der Waals surface area contributed by atoms with E-state index in [-0.39, 0.29) is 17.3 Å². The number of hydrogen-bond donors (Lipinski definition) is 1. The molecule has 2 rings (SSSR count). The molecule has 2 nitrogen and oxygen atoms in total. The molecular formula is C13H15BrO2. The highest BCUT2D eigenvalue weighted by Crippen LogP contribution is 2.64. The number of halogens is 1. The SMILES string of the molecule is Cc1cc(Br)ccc1[C@H]1[C@H](C(=O)O)C1(C)C. The first-order chi connectivity index (χ1) is 7.35. The third-order valence-corrected chi connectivity index (χ3v) is 4.15. The molecule has 1 aliphatic carbocycles.